The number of halogens is 1. The maximum atomic E-state index is 13.2. The van der Waals surface area contributed by atoms with Crippen LogP contribution in [0.1, 0.15) is 22.7 Å². The normalized spacial score (nSPS) is 13.3. The predicted octanol–water partition coefficient (Wildman–Crippen LogP) is 2.82. The third-order valence-electron chi connectivity index (χ3n) is 2.78. The van der Waals surface area contributed by atoms with Crippen molar-refractivity contribution in [1.82, 2.24) is 4.72 Å². The largest absolute Gasteiger partial charge is 0.398 e. The molecule has 0 fully saturated rings. The molecule has 1 atom stereocenters. The summed E-state index contributed by atoms with van der Waals surface area (Å²) in [6, 6.07) is 6.67. The lowest BCUT2D eigenvalue weighted by molar-refractivity contribution is 0.566. The molecule has 1 aromatic heterocycles. The predicted molar refractivity (Wildman–Crippen MR) is 78.6 cm³/mol. The molecule has 7 heteroatoms. The van der Waals surface area contributed by atoms with Gasteiger partial charge >= 0.3 is 0 Å². The molecule has 3 N–H and O–H groups in total. The minimum atomic E-state index is -3.86. The Balaban J connectivity index is 2.29. The topological polar surface area (TPSA) is 72.2 Å². The molecule has 0 radical (unpaired) electrons. The Morgan fingerprint density at radius 1 is 1.30 bits per heavy atom. The first-order valence-electron chi connectivity index (χ1n) is 5.93. The van der Waals surface area contributed by atoms with Crippen molar-refractivity contribution in [1.29, 1.82) is 0 Å². The van der Waals surface area contributed by atoms with Gasteiger partial charge < -0.3 is 5.73 Å². The van der Waals surface area contributed by atoms with Gasteiger partial charge in [-0.3, -0.25) is 0 Å². The minimum Gasteiger partial charge on any atom is -0.398 e. The van der Waals surface area contributed by atoms with E-state index in [0.717, 1.165) is 21.9 Å². The summed E-state index contributed by atoms with van der Waals surface area (Å²) in [6.45, 7) is 3.68. The molecule has 0 bridgehead atoms. The highest BCUT2D eigenvalue weighted by Crippen LogP contribution is 2.26. The fraction of sp³-hybridized carbons (Fsp3) is 0.231. The number of nitrogens with one attached hydrogen (secondary N) is 1. The van der Waals surface area contributed by atoms with Crippen molar-refractivity contribution in [3.05, 3.63) is 45.9 Å². The lowest BCUT2D eigenvalue weighted by Gasteiger charge is -2.14. The van der Waals surface area contributed by atoms with E-state index in [-0.39, 0.29) is 10.6 Å². The molecule has 4 nitrogen and oxygen atoms in total. The Hall–Kier alpha value is -1.44. The Labute approximate surface area is 121 Å². The van der Waals surface area contributed by atoms with Gasteiger partial charge in [0.2, 0.25) is 10.0 Å². The first kappa shape index (κ1) is 15.0. The number of aryl methyl sites for hydroxylation is 1. The molecule has 0 aliphatic heterocycles. The first-order valence-corrected chi connectivity index (χ1v) is 8.23. The smallest absolute Gasteiger partial charge is 0.243 e. The molecule has 108 valence electrons. The zero-order chi connectivity index (χ0) is 14.9. The van der Waals surface area contributed by atoms with Crippen molar-refractivity contribution in [2.45, 2.75) is 24.8 Å². The highest BCUT2D eigenvalue weighted by molar-refractivity contribution is 7.89. The SMILES string of the molecule is Cc1ccc(C(C)NS(=O)(=O)c2cc(F)ccc2N)s1. The lowest BCUT2D eigenvalue weighted by Crippen LogP contribution is -2.27. The van der Waals surface area contributed by atoms with Gasteiger partial charge in [0.05, 0.1) is 11.7 Å². The van der Waals surface area contributed by atoms with Gasteiger partial charge in [-0.15, -0.1) is 11.3 Å². The number of hydrogen-bond donors (Lipinski definition) is 2. The quantitative estimate of drug-likeness (QED) is 0.852. The number of benzene rings is 1. The van der Waals surface area contributed by atoms with Crippen molar-refractivity contribution < 1.29 is 12.8 Å². The average Bonchev–Trinajstić information content (AvgIpc) is 2.78. The molecule has 2 aromatic rings. The molecule has 20 heavy (non-hydrogen) atoms. The average molecular weight is 314 g/mol. The van der Waals surface area contributed by atoms with Gasteiger partial charge in [-0.05, 0) is 44.2 Å². The van der Waals surface area contributed by atoms with Crippen LogP contribution in [0.3, 0.4) is 0 Å². The van der Waals surface area contributed by atoms with E-state index >= 15 is 0 Å². The highest BCUT2D eigenvalue weighted by Gasteiger charge is 2.22. The summed E-state index contributed by atoms with van der Waals surface area (Å²) >= 11 is 1.51. The molecule has 1 unspecified atom stereocenters. The molecule has 0 saturated heterocycles. The minimum absolute atomic E-state index is 0.0217. The van der Waals surface area contributed by atoms with Crippen LogP contribution >= 0.6 is 11.3 Å². The van der Waals surface area contributed by atoms with Crippen LogP contribution in [0.15, 0.2) is 35.2 Å². The van der Waals surface area contributed by atoms with Crippen LogP contribution < -0.4 is 10.5 Å². The van der Waals surface area contributed by atoms with Crippen molar-refractivity contribution in [3.8, 4) is 0 Å². The van der Waals surface area contributed by atoms with E-state index in [1.807, 2.05) is 19.1 Å². The summed E-state index contributed by atoms with van der Waals surface area (Å²) in [6.07, 6.45) is 0. The van der Waals surface area contributed by atoms with E-state index in [4.69, 9.17) is 5.73 Å². The maximum absolute atomic E-state index is 13.2. The summed E-state index contributed by atoms with van der Waals surface area (Å²) in [4.78, 5) is 1.75. The number of rotatable bonds is 4. The van der Waals surface area contributed by atoms with Gasteiger partial charge in [-0.25, -0.2) is 17.5 Å². The van der Waals surface area contributed by atoms with Gasteiger partial charge in [0.1, 0.15) is 10.7 Å². The Morgan fingerprint density at radius 2 is 2.00 bits per heavy atom. The van der Waals surface area contributed by atoms with E-state index in [9.17, 15) is 12.8 Å². The maximum Gasteiger partial charge on any atom is 0.243 e. The second-order valence-electron chi connectivity index (χ2n) is 4.47. The summed E-state index contributed by atoms with van der Waals surface area (Å²) in [5.41, 5.74) is 5.63. The van der Waals surface area contributed by atoms with Gasteiger partial charge in [0, 0.05) is 9.75 Å². The Kier molecular flexibility index (Phi) is 4.12. The van der Waals surface area contributed by atoms with Crippen LogP contribution in [-0.2, 0) is 10.0 Å². The number of thiophene rings is 1. The fourth-order valence-electron chi connectivity index (χ4n) is 1.78. The Bertz CT molecular complexity index is 726. The van der Waals surface area contributed by atoms with Crippen LogP contribution in [0.4, 0.5) is 10.1 Å². The summed E-state index contributed by atoms with van der Waals surface area (Å²) in [7, 11) is -3.86. The van der Waals surface area contributed by atoms with Crippen LogP contribution in [0.25, 0.3) is 0 Å². The summed E-state index contributed by atoms with van der Waals surface area (Å²) in [5.74, 6) is -0.640. The second kappa shape index (κ2) is 5.51. The van der Waals surface area contributed by atoms with Crippen molar-refractivity contribution >= 4 is 27.0 Å². The lowest BCUT2D eigenvalue weighted by atomic mass is 10.3. The first-order chi connectivity index (χ1) is 9.29. The van der Waals surface area contributed by atoms with E-state index in [1.54, 1.807) is 6.92 Å². The molecule has 0 aliphatic rings. The Morgan fingerprint density at radius 3 is 2.60 bits per heavy atom. The van der Waals surface area contributed by atoms with Crippen molar-refractivity contribution in [3.63, 3.8) is 0 Å². The number of nitrogens with two attached hydrogens (primary N) is 1. The van der Waals surface area contributed by atoms with E-state index < -0.39 is 21.9 Å². The molecule has 1 aromatic carbocycles. The third-order valence-corrected chi connectivity index (χ3v) is 5.56. The standard InChI is InChI=1S/C13H15FN2O2S2/c1-8-3-6-12(19-8)9(2)16-20(17,18)13-7-10(14)4-5-11(13)15/h3-7,9,16H,15H2,1-2H3. The van der Waals surface area contributed by atoms with Gasteiger partial charge in [0.25, 0.3) is 0 Å². The monoisotopic (exact) mass is 314 g/mol. The molecule has 2 rings (SSSR count). The van der Waals surface area contributed by atoms with E-state index in [1.165, 1.54) is 17.4 Å². The molecule has 0 saturated carbocycles. The van der Waals surface area contributed by atoms with E-state index in [0.29, 0.717) is 0 Å². The van der Waals surface area contributed by atoms with Gasteiger partial charge in [0.15, 0.2) is 0 Å². The molecule has 0 amide bonds. The van der Waals surface area contributed by atoms with E-state index in [2.05, 4.69) is 4.72 Å². The number of hydrogen-bond acceptors (Lipinski definition) is 4. The molecule has 1 heterocycles. The zero-order valence-corrected chi connectivity index (χ0v) is 12.7. The number of sulfonamides is 1. The molecule has 0 spiro atoms. The summed E-state index contributed by atoms with van der Waals surface area (Å²) < 4.78 is 40.2. The van der Waals surface area contributed by atoms with Gasteiger partial charge in [-0.1, -0.05) is 0 Å². The van der Waals surface area contributed by atoms with Crippen molar-refractivity contribution in [2.75, 3.05) is 5.73 Å². The number of anilines is 1. The third kappa shape index (κ3) is 3.17. The van der Waals surface area contributed by atoms with Crippen molar-refractivity contribution in [2.24, 2.45) is 0 Å². The number of nitrogen functional groups attached to an aromatic ring is 1. The zero-order valence-electron chi connectivity index (χ0n) is 11.1. The fourth-order valence-corrected chi connectivity index (χ4v) is 4.10. The molecular weight excluding hydrogens is 299 g/mol. The van der Waals surface area contributed by atoms with Crippen LogP contribution in [0.2, 0.25) is 0 Å². The molecular formula is C13H15FN2O2S2. The summed E-state index contributed by atoms with van der Waals surface area (Å²) in [5, 5.41) is 0. The highest BCUT2D eigenvalue weighted by atomic mass is 32.2. The molecule has 0 aliphatic carbocycles. The second-order valence-corrected chi connectivity index (χ2v) is 7.48. The van der Waals surface area contributed by atoms with Crippen LogP contribution in [-0.4, -0.2) is 8.42 Å². The van der Waals surface area contributed by atoms with Crippen LogP contribution in [0, 0.1) is 12.7 Å². The van der Waals surface area contributed by atoms with Crippen LogP contribution in [0.5, 0.6) is 0 Å². The van der Waals surface area contributed by atoms with Gasteiger partial charge in [-0.2, -0.15) is 0 Å².